The third kappa shape index (κ3) is 2.89. The quantitative estimate of drug-likeness (QED) is 0.679. The Labute approximate surface area is 117 Å². The zero-order chi connectivity index (χ0) is 14.9. The molecule has 1 aromatic carbocycles. The molecular formula is C14H18N2O4. The lowest BCUT2D eigenvalue weighted by Crippen LogP contribution is -2.39. The molecule has 2 unspecified atom stereocenters. The van der Waals surface area contributed by atoms with E-state index in [9.17, 15) is 20.0 Å². The number of carbonyl (C=O) groups is 1. The molecule has 0 bridgehead atoms. The van der Waals surface area contributed by atoms with Crippen molar-refractivity contribution in [3.63, 3.8) is 0 Å². The van der Waals surface area contributed by atoms with Crippen molar-refractivity contribution in [1.29, 1.82) is 0 Å². The number of non-ortho nitro benzene ring substituents is 1. The van der Waals surface area contributed by atoms with Crippen molar-refractivity contribution < 1.29 is 14.8 Å². The minimum atomic E-state index is -1.13. The van der Waals surface area contributed by atoms with E-state index in [1.165, 1.54) is 6.07 Å². The Morgan fingerprint density at radius 3 is 2.45 bits per heavy atom. The monoisotopic (exact) mass is 278 g/mol. The topological polar surface area (TPSA) is 83.7 Å². The van der Waals surface area contributed by atoms with Crippen molar-refractivity contribution in [2.24, 2.45) is 11.8 Å². The number of rotatable bonds is 3. The second-order valence-electron chi connectivity index (χ2n) is 5.61. The van der Waals surface area contributed by atoms with Crippen molar-refractivity contribution in [1.82, 2.24) is 0 Å². The average Bonchev–Trinajstić information content (AvgIpc) is 2.36. The van der Waals surface area contributed by atoms with Gasteiger partial charge in [-0.05, 0) is 24.3 Å². The number of nitrogens with zero attached hydrogens (tertiary/aromatic N) is 2. The normalized spacial score (nSPS) is 22.6. The predicted octanol–water partition coefficient (Wildman–Crippen LogP) is 2.78. The molecule has 6 heteroatoms. The molecule has 0 radical (unpaired) electrons. The molecule has 6 nitrogen and oxygen atoms in total. The van der Waals surface area contributed by atoms with E-state index in [0.29, 0.717) is 17.5 Å². The van der Waals surface area contributed by atoms with Crippen LogP contribution >= 0.6 is 0 Å². The van der Waals surface area contributed by atoms with Gasteiger partial charge in [0.15, 0.2) is 0 Å². The lowest BCUT2D eigenvalue weighted by molar-refractivity contribution is -0.384. The van der Waals surface area contributed by atoms with Crippen LogP contribution in [0.3, 0.4) is 0 Å². The highest BCUT2D eigenvalue weighted by molar-refractivity contribution is 5.95. The number of aromatic carboxylic acids is 1. The Bertz CT molecular complexity index is 534. The highest BCUT2D eigenvalue weighted by atomic mass is 16.6. The Morgan fingerprint density at radius 1 is 1.35 bits per heavy atom. The second kappa shape index (κ2) is 5.48. The lowest BCUT2D eigenvalue weighted by Gasteiger charge is -2.37. The number of nitro benzene ring substituents is 1. The fraction of sp³-hybridized carbons (Fsp3) is 0.500. The third-order valence-corrected chi connectivity index (χ3v) is 3.63. The molecular weight excluding hydrogens is 260 g/mol. The summed E-state index contributed by atoms with van der Waals surface area (Å²) in [5.41, 5.74) is 0.381. The van der Waals surface area contributed by atoms with Crippen molar-refractivity contribution >= 4 is 17.3 Å². The van der Waals surface area contributed by atoms with Crippen LogP contribution < -0.4 is 4.90 Å². The van der Waals surface area contributed by atoms with Gasteiger partial charge in [-0.25, -0.2) is 4.79 Å². The summed E-state index contributed by atoms with van der Waals surface area (Å²) >= 11 is 0. The van der Waals surface area contributed by atoms with Gasteiger partial charge in [-0.1, -0.05) is 13.8 Å². The van der Waals surface area contributed by atoms with E-state index in [-0.39, 0.29) is 11.3 Å². The van der Waals surface area contributed by atoms with E-state index >= 15 is 0 Å². The molecule has 20 heavy (non-hydrogen) atoms. The molecule has 1 saturated heterocycles. The van der Waals surface area contributed by atoms with Gasteiger partial charge in [0.25, 0.3) is 5.69 Å². The largest absolute Gasteiger partial charge is 0.478 e. The third-order valence-electron chi connectivity index (χ3n) is 3.63. The van der Waals surface area contributed by atoms with Crippen LogP contribution in [0.4, 0.5) is 11.4 Å². The predicted molar refractivity (Wildman–Crippen MR) is 75.2 cm³/mol. The summed E-state index contributed by atoms with van der Waals surface area (Å²) < 4.78 is 0. The summed E-state index contributed by atoms with van der Waals surface area (Å²) in [6.45, 7) is 5.83. The van der Waals surface area contributed by atoms with Crippen LogP contribution in [0.25, 0.3) is 0 Å². The van der Waals surface area contributed by atoms with Gasteiger partial charge in [-0.2, -0.15) is 0 Å². The average molecular weight is 278 g/mol. The molecule has 0 aromatic heterocycles. The number of hydrogen-bond donors (Lipinski definition) is 1. The Hall–Kier alpha value is -2.11. The second-order valence-corrected chi connectivity index (χ2v) is 5.61. The Kier molecular flexibility index (Phi) is 3.92. The summed E-state index contributed by atoms with van der Waals surface area (Å²) in [5, 5.41) is 20.1. The number of carboxylic acids is 1. The minimum Gasteiger partial charge on any atom is -0.478 e. The van der Waals surface area contributed by atoms with Crippen LogP contribution in [0, 0.1) is 22.0 Å². The number of hydrogen-bond acceptors (Lipinski definition) is 4. The van der Waals surface area contributed by atoms with Crippen molar-refractivity contribution in [3.05, 3.63) is 33.9 Å². The molecule has 0 spiro atoms. The van der Waals surface area contributed by atoms with Gasteiger partial charge in [0, 0.05) is 25.2 Å². The van der Waals surface area contributed by atoms with Crippen LogP contribution in [0.2, 0.25) is 0 Å². The molecule has 0 saturated carbocycles. The number of anilines is 1. The van der Waals surface area contributed by atoms with Crippen LogP contribution in [0.5, 0.6) is 0 Å². The molecule has 108 valence electrons. The SMILES string of the molecule is CC1CC(C)CN(c2ccc([N+](=O)[O-])cc2C(=O)O)C1. The van der Waals surface area contributed by atoms with Crippen molar-refractivity contribution in [2.45, 2.75) is 20.3 Å². The van der Waals surface area contributed by atoms with E-state index in [1.807, 2.05) is 4.90 Å². The molecule has 1 N–H and O–H groups in total. The smallest absolute Gasteiger partial charge is 0.338 e. The molecule has 0 aliphatic carbocycles. The maximum atomic E-state index is 11.4. The molecule has 1 aliphatic heterocycles. The maximum absolute atomic E-state index is 11.4. The molecule has 1 aliphatic rings. The summed E-state index contributed by atoms with van der Waals surface area (Å²) in [7, 11) is 0. The molecule has 1 heterocycles. The van der Waals surface area contributed by atoms with Gasteiger partial charge >= 0.3 is 5.97 Å². The Morgan fingerprint density at radius 2 is 1.95 bits per heavy atom. The lowest BCUT2D eigenvalue weighted by atomic mass is 9.91. The van der Waals surface area contributed by atoms with E-state index in [4.69, 9.17) is 0 Å². The molecule has 1 fully saturated rings. The van der Waals surface area contributed by atoms with Crippen molar-refractivity contribution in [3.8, 4) is 0 Å². The fourth-order valence-electron chi connectivity index (χ4n) is 2.94. The first-order valence-corrected chi connectivity index (χ1v) is 6.65. The van der Waals surface area contributed by atoms with Crippen LogP contribution in [-0.2, 0) is 0 Å². The number of nitro groups is 1. The first-order valence-electron chi connectivity index (χ1n) is 6.65. The first-order chi connectivity index (χ1) is 9.38. The van der Waals surface area contributed by atoms with Gasteiger partial charge in [0.2, 0.25) is 0 Å². The van der Waals surface area contributed by atoms with E-state index < -0.39 is 10.9 Å². The zero-order valence-corrected chi connectivity index (χ0v) is 11.6. The molecule has 2 rings (SSSR count). The Balaban J connectivity index is 2.40. The summed E-state index contributed by atoms with van der Waals surface area (Å²) in [4.78, 5) is 23.6. The number of benzene rings is 1. The van der Waals surface area contributed by atoms with E-state index in [2.05, 4.69) is 13.8 Å². The summed E-state index contributed by atoms with van der Waals surface area (Å²) in [6.07, 6.45) is 1.12. The van der Waals surface area contributed by atoms with Gasteiger partial charge in [-0.15, -0.1) is 0 Å². The van der Waals surface area contributed by atoms with Gasteiger partial charge in [0.1, 0.15) is 0 Å². The number of carboxylic acid groups (broad SMARTS) is 1. The summed E-state index contributed by atoms with van der Waals surface area (Å²) in [6, 6.07) is 4.06. The van der Waals surface area contributed by atoms with Gasteiger partial charge in [0.05, 0.1) is 16.2 Å². The van der Waals surface area contributed by atoms with Crippen LogP contribution in [0.15, 0.2) is 18.2 Å². The van der Waals surface area contributed by atoms with Crippen molar-refractivity contribution in [2.75, 3.05) is 18.0 Å². The van der Waals surface area contributed by atoms with Gasteiger partial charge in [-0.3, -0.25) is 10.1 Å². The minimum absolute atomic E-state index is 0.000463. The highest BCUT2D eigenvalue weighted by Crippen LogP contribution is 2.31. The molecule has 1 aromatic rings. The highest BCUT2D eigenvalue weighted by Gasteiger charge is 2.26. The first kappa shape index (κ1) is 14.3. The van der Waals surface area contributed by atoms with Crippen LogP contribution in [-0.4, -0.2) is 29.1 Å². The van der Waals surface area contributed by atoms with E-state index in [1.54, 1.807) is 6.07 Å². The standard InChI is InChI=1S/C14H18N2O4/c1-9-5-10(2)8-15(7-9)13-4-3-11(16(19)20)6-12(13)14(17)18/h3-4,6,9-10H,5,7-8H2,1-2H3,(H,17,18). The molecule has 0 amide bonds. The fourth-order valence-corrected chi connectivity index (χ4v) is 2.94. The molecule has 2 atom stereocenters. The zero-order valence-electron chi connectivity index (χ0n) is 11.6. The number of piperidine rings is 1. The maximum Gasteiger partial charge on any atom is 0.338 e. The van der Waals surface area contributed by atoms with Gasteiger partial charge < -0.3 is 10.0 Å². The van der Waals surface area contributed by atoms with E-state index in [0.717, 1.165) is 25.6 Å². The summed E-state index contributed by atoms with van der Waals surface area (Å²) in [5.74, 6) is -0.166. The van der Waals surface area contributed by atoms with Crippen LogP contribution in [0.1, 0.15) is 30.6 Å².